The molecule has 1 unspecified atom stereocenters. The van der Waals surface area contributed by atoms with Crippen LogP contribution < -0.4 is 10.6 Å². The number of hydrogen-bond acceptors (Lipinski definition) is 7. The Labute approximate surface area is 148 Å². The summed E-state index contributed by atoms with van der Waals surface area (Å²) in [5, 5.41) is 12.8. The molecule has 0 spiro atoms. The number of rotatable bonds is 5. The fraction of sp³-hybridized carbons (Fsp3) is 0.467. The highest BCUT2D eigenvalue weighted by Crippen LogP contribution is 2.26. The van der Waals surface area contributed by atoms with Gasteiger partial charge in [-0.2, -0.15) is 5.10 Å². The van der Waals surface area contributed by atoms with Gasteiger partial charge in [0.2, 0.25) is 10.9 Å². The van der Waals surface area contributed by atoms with Crippen LogP contribution in [0, 0.1) is 0 Å². The lowest BCUT2D eigenvalue weighted by Crippen LogP contribution is -2.30. The lowest BCUT2D eigenvalue weighted by atomic mass is 9.93. The normalized spacial score (nSPS) is 13.3. The monoisotopic (exact) mass is 364 g/mol. The maximum absolute atomic E-state index is 12.1. The standard InChI is InChI=1S/C15H20N6OS2/c1-9(10-6-21-14(18-10)24-8-17-21)16-5-12(22)20-13-19-11(7-23-13)15(2,3)4/h6-9,16H,5H2,1-4H3,(H,19,20,22). The van der Waals surface area contributed by atoms with Crippen molar-refractivity contribution in [2.75, 3.05) is 11.9 Å². The van der Waals surface area contributed by atoms with Crippen molar-refractivity contribution in [1.29, 1.82) is 0 Å². The van der Waals surface area contributed by atoms with Crippen LogP contribution in [0.25, 0.3) is 4.96 Å². The van der Waals surface area contributed by atoms with E-state index in [9.17, 15) is 4.79 Å². The number of hydrogen-bond donors (Lipinski definition) is 2. The Hall–Kier alpha value is -1.84. The lowest BCUT2D eigenvalue weighted by molar-refractivity contribution is -0.115. The number of fused-ring (bicyclic) bond motifs is 1. The van der Waals surface area contributed by atoms with Gasteiger partial charge < -0.3 is 10.6 Å². The van der Waals surface area contributed by atoms with Crippen molar-refractivity contribution in [1.82, 2.24) is 24.9 Å². The number of carbonyl (C=O) groups excluding carboxylic acids is 1. The highest BCUT2D eigenvalue weighted by atomic mass is 32.1. The molecule has 2 N–H and O–H groups in total. The third-order valence-corrected chi connectivity index (χ3v) is 4.98. The molecular weight excluding hydrogens is 344 g/mol. The average Bonchev–Trinajstić information content (AvgIpc) is 3.18. The summed E-state index contributed by atoms with van der Waals surface area (Å²) in [5.74, 6) is -0.115. The molecule has 0 saturated carbocycles. The Balaban J connectivity index is 1.53. The van der Waals surface area contributed by atoms with E-state index >= 15 is 0 Å². The summed E-state index contributed by atoms with van der Waals surface area (Å²) in [6, 6.07) is -0.0360. The molecule has 3 aromatic heterocycles. The van der Waals surface area contributed by atoms with E-state index in [0.717, 1.165) is 16.3 Å². The van der Waals surface area contributed by atoms with Crippen molar-refractivity contribution in [3.05, 3.63) is 28.5 Å². The Bertz CT molecular complexity index is 815. The van der Waals surface area contributed by atoms with Gasteiger partial charge in [-0.3, -0.25) is 4.79 Å². The third-order valence-electron chi connectivity index (χ3n) is 3.54. The van der Waals surface area contributed by atoms with Gasteiger partial charge in [0, 0.05) is 16.8 Å². The van der Waals surface area contributed by atoms with E-state index in [0.29, 0.717) is 5.13 Å². The minimum absolute atomic E-state index is 0.0196. The van der Waals surface area contributed by atoms with Crippen LogP contribution in [0.5, 0.6) is 0 Å². The maximum atomic E-state index is 12.1. The van der Waals surface area contributed by atoms with E-state index in [4.69, 9.17) is 0 Å². The summed E-state index contributed by atoms with van der Waals surface area (Å²) in [5.41, 5.74) is 3.58. The van der Waals surface area contributed by atoms with Crippen molar-refractivity contribution in [3.63, 3.8) is 0 Å². The predicted octanol–water partition coefficient (Wildman–Crippen LogP) is 2.83. The smallest absolute Gasteiger partial charge is 0.240 e. The highest BCUT2D eigenvalue weighted by molar-refractivity contribution is 7.14. The van der Waals surface area contributed by atoms with Gasteiger partial charge in [-0.05, 0) is 6.92 Å². The molecular formula is C15H20N6OS2. The topological polar surface area (TPSA) is 84.2 Å². The van der Waals surface area contributed by atoms with Crippen molar-refractivity contribution >= 4 is 38.7 Å². The van der Waals surface area contributed by atoms with E-state index < -0.39 is 0 Å². The molecule has 1 atom stereocenters. The number of imidazole rings is 1. The summed E-state index contributed by atoms with van der Waals surface area (Å²) in [6.45, 7) is 8.47. The second-order valence-corrected chi connectivity index (χ2v) is 8.24. The molecule has 3 heterocycles. The van der Waals surface area contributed by atoms with E-state index in [1.54, 1.807) is 10.0 Å². The minimum Gasteiger partial charge on any atom is -0.301 e. The summed E-state index contributed by atoms with van der Waals surface area (Å²) in [6.07, 6.45) is 1.87. The first kappa shape index (κ1) is 17.0. The number of thiazole rings is 1. The number of carbonyl (C=O) groups is 1. The minimum atomic E-state index is -0.115. The second-order valence-electron chi connectivity index (χ2n) is 6.57. The summed E-state index contributed by atoms with van der Waals surface area (Å²) >= 11 is 2.93. The quantitative estimate of drug-likeness (QED) is 0.727. The van der Waals surface area contributed by atoms with E-state index in [1.165, 1.54) is 22.7 Å². The third kappa shape index (κ3) is 3.80. The Kier molecular flexibility index (Phi) is 4.66. The van der Waals surface area contributed by atoms with Crippen LogP contribution in [0.15, 0.2) is 17.1 Å². The molecule has 0 bridgehead atoms. The highest BCUT2D eigenvalue weighted by Gasteiger charge is 2.18. The van der Waals surface area contributed by atoms with E-state index in [-0.39, 0.29) is 23.9 Å². The maximum Gasteiger partial charge on any atom is 0.240 e. The first-order valence-corrected chi connectivity index (χ1v) is 9.37. The molecule has 9 heteroatoms. The van der Waals surface area contributed by atoms with Gasteiger partial charge in [0.25, 0.3) is 0 Å². The molecule has 3 aromatic rings. The van der Waals surface area contributed by atoms with Crippen LogP contribution in [-0.4, -0.2) is 32.0 Å². The first-order chi connectivity index (χ1) is 11.3. The zero-order valence-electron chi connectivity index (χ0n) is 14.0. The molecule has 0 radical (unpaired) electrons. The van der Waals surface area contributed by atoms with Gasteiger partial charge in [0.15, 0.2) is 5.13 Å². The van der Waals surface area contributed by atoms with Gasteiger partial charge in [-0.15, -0.1) is 11.3 Å². The van der Waals surface area contributed by atoms with Crippen molar-refractivity contribution < 1.29 is 4.79 Å². The van der Waals surface area contributed by atoms with Crippen LogP contribution in [0.3, 0.4) is 0 Å². The number of aromatic nitrogens is 4. The SMILES string of the molecule is CC(NCC(=O)Nc1nc(C(C)(C)C)cs1)c1cn2ncsc2n1. The number of amides is 1. The van der Waals surface area contributed by atoms with Crippen LogP contribution in [0.4, 0.5) is 5.13 Å². The largest absolute Gasteiger partial charge is 0.301 e. The second kappa shape index (κ2) is 6.58. The van der Waals surface area contributed by atoms with Gasteiger partial charge in [0.05, 0.1) is 24.1 Å². The summed E-state index contributed by atoms with van der Waals surface area (Å²) in [4.78, 5) is 21.9. The zero-order chi connectivity index (χ0) is 17.3. The first-order valence-electron chi connectivity index (χ1n) is 7.61. The van der Waals surface area contributed by atoms with Crippen molar-refractivity contribution in [3.8, 4) is 0 Å². The summed E-state index contributed by atoms with van der Waals surface area (Å²) in [7, 11) is 0. The molecule has 0 aliphatic rings. The molecule has 1 amide bonds. The summed E-state index contributed by atoms with van der Waals surface area (Å²) < 4.78 is 1.74. The van der Waals surface area contributed by atoms with Crippen molar-refractivity contribution in [2.24, 2.45) is 0 Å². The van der Waals surface area contributed by atoms with Crippen LogP contribution >= 0.6 is 22.7 Å². The molecule has 0 aromatic carbocycles. The van der Waals surface area contributed by atoms with Crippen LogP contribution in [0.1, 0.15) is 45.1 Å². The van der Waals surface area contributed by atoms with Crippen LogP contribution in [-0.2, 0) is 10.2 Å². The number of nitrogens with one attached hydrogen (secondary N) is 2. The molecule has 24 heavy (non-hydrogen) atoms. The number of nitrogens with zero attached hydrogens (tertiary/aromatic N) is 4. The molecule has 3 rings (SSSR count). The van der Waals surface area contributed by atoms with Gasteiger partial charge in [0.1, 0.15) is 5.51 Å². The molecule has 7 nitrogen and oxygen atoms in total. The fourth-order valence-corrected chi connectivity index (χ4v) is 3.62. The predicted molar refractivity (Wildman–Crippen MR) is 96.7 cm³/mol. The fourth-order valence-electron chi connectivity index (χ4n) is 2.05. The average molecular weight is 365 g/mol. The molecule has 128 valence electrons. The molecule has 0 fully saturated rings. The van der Waals surface area contributed by atoms with Gasteiger partial charge in [-0.25, -0.2) is 14.5 Å². The van der Waals surface area contributed by atoms with E-state index in [1.807, 2.05) is 18.5 Å². The van der Waals surface area contributed by atoms with Gasteiger partial charge in [-0.1, -0.05) is 32.1 Å². The lowest BCUT2D eigenvalue weighted by Gasteiger charge is -2.14. The van der Waals surface area contributed by atoms with Crippen molar-refractivity contribution in [2.45, 2.75) is 39.2 Å². The Morgan fingerprint density at radius 2 is 2.12 bits per heavy atom. The molecule has 0 aliphatic carbocycles. The molecule has 0 aliphatic heterocycles. The van der Waals surface area contributed by atoms with Gasteiger partial charge >= 0.3 is 0 Å². The number of anilines is 1. The Morgan fingerprint density at radius 1 is 1.33 bits per heavy atom. The molecule has 0 saturated heterocycles. The van der Waals surface area contributed by atoms with E-state index in [2.05, 4.69) is 46.5 Å². The Morgan fingerprint density at radius 3 is 2.79 bits per heavy atom. The van der Waals surface area contributed by atoms with Crippen LogP contribution in [0.2, 0.25) is 0 Å². The zero-order valence-corrected chi connectivity index (χ0v) is 15.7.